The number of aliphatic carboxylic acids is 1. The minimum absolute atomic E-state index is 0.190. The predicted octanol–water partition coefficient (Wildman–Crippen LogP) is 2.54. The Kier molecular flexibility index (Phi) is 5.65. The zero-order chi connectivity index (χ0) is 19.5. The van der Waals surface area contributed by atoms with Crippen LogP contribution < -0.4 is 15.7 Å². The third kappa shape index (κ3) is 3.76. The molecular weight excluding hydrogens is 354 g/mol. The van der Waals surface area contributed by atoms with E-state index in [1.54, 1.807) is 0 Å². The molecular formula is C22H27NO3Si. The highest BCUT2D eigenvalue weighted by atomic mass is 28.4. The van der Waals surface area contributed by atoms with E-state index in [0.717, 1.165) is 10.4 Å². The minimum atomic E-state index is -2.78. The number of benzene rings is 2. The fraction of sp³-hybridized carbons (Fsp3) is 0.318. The summed E-state index contributed by atoms with van der Waals surface area (Å²) < 4.78 is 6.90. The van der Waals surface area contributed by atoms with Crippen LogP contribution in [0.1, 0.15) is 20.8 Å². The molecule has 1 aliphatic rings. The summed E-state index contributed by atoms with van der Waals surface area (Å²) in [6.07, 6.45) is 3.32. The van der Waals surface area contributed by atoms with Crippen LogP contribution >= 0.6 is 0 Å². The van der Waals surface area contributed by atoms with Crippen molar-refractivity contribution >= 4 is 24.7 Å². The summed E-state index contributed by atoms with van der Waals surface area (Å²) in [6, 6.07) is 19.8. The van der Waals surface area contributed by atoms with Crippen molar-refractivity contribution in [2.24, 2.45) is 0 Å². The lowest BCUT2D eigenvalue weighted by Crippen LogP contribution is -2.69. The van der Waals surface area contributed by atoms with E-state index in [-0.39, 0.29) is 5.04 Å². The van der Waals surface area contributed by atoms with Crippen molar-refractivity contribution in [1.82, 2.24) is 5.32 Å². The molecule has 2 aromatic carbocycles. The molecule has 0 aromatic heterocycles. The van der Waals surface area contributed by atoms with Gasteiger partial charge in [0.15, 0.2) is 0 Å². The summed E-state index contributed by atoms with van der Waals surface area (Å²) in [5, 5.41) is 14.8. The van der Waals surface area contributed by atoms with E-state index < -0.39 is 26.4 Å². The van der Waals surface area contributed by atoms with Gasteiger partial charge in [0.05, 0.1) is 6.10 Å². The van der Waals surface area contributed by atoms with Crippen LogP contribution in [0.15, 0.2) is 72.8 Å². The Morgan fingerprint density at radius 2 is 1.56 bits per heavy atom. The van der Waals surface area contributed by atoms with Crippen molar-refractivity contribution < 1.29 is 14.3 Å². The number of carbonyl (C=O) groups is 1. The molecule has 3 rings (SSSR count). The number of rotatable bonds is 5. The molecule has 142 valence electrons. The molecule has 0 saturated carbocycles. The topological polar surface area (TPSA) is 58.6 Å². The SMILES string of the molecule is CC(C)(C)[Si](O[C@H]1C=CCN[C@@H]1C(=O)O)(c1ccccc1)c1ccccc1. The van der Waals surface area contributed by atoms with E-state index >= 15 is 0 Å². The molecule has 0 bridgehead atoms. The van der Waals surface area contributed by atoms with Gasteiger partial charge in [0.2, 0.25) is 0 Å². The maximum atomic E-state index is 11.8. The monoisotopic (exact) mass is 381 g/mol. The Balaban J connectivity index is 2.19. The molecule has 1 aliphatic heterocycles. The lowest BCUT2D eigenvalue weighted by atomic mass is 10.1. The summed E-state index contributed by atoms with van der Waals surface area (Å²) in [6.45, 7) is 7.11. The third-order valence-corrected chi connectivity index (χ3v) is 10.1. The fourth-order valence-corrected chi connectivity index (χ4v) is 8.49. The lowest BCUT2D eigenvalue weighted by molar-refractivity contribution is -0.141. The van der Waals surface area contributed by atoms with Gasteiger partial charge >= 0.3 is 5.97 Å². The van der Waals surface area contributed by atoms with Crippen LogP contribution in [0.2, 0.25) is 5.04 Å². The van der Waals surface area contributed by atoms with E-state index in [4.69, 9.17) is 4.43 Å². The van der Waals surface area contributed by atoms with Crippen LogP contribution in [0.25, 0.3) is 0 Å². The van der Waals surface area contributed by atoms with E-state index in [9.17, 15) is 9.90 Å². The second kappa shape index (κ2) is 7.80. The summed E-state index contributed by atoms with van der Waals surface area (Å²) in [4.78, 5) is 11.8. The van der Waals surface area contributed by atoms with Gasteiger partial charge < -0.3 is 9.53 Å². The third-order valence-electron chi connectivity index (χ3n) is 5.11. The fourth-order valence-electron chi connectivity index (χ4n) is 3.85. The lowest BCUT2D eigenvalue weighted by Gasteiger charge is -2.46. The van der Waals surface area contributed by atoms with E-state index in [0.29, 0.717) is 6.54 Å². The highest BCUT2D eigenvalue weighted by Crippen LogP contribution is 2.38. The van der Waals surface area contributed by atoms with Gasteiger partial charge in [0, 0.05) is 6.54 Å². The molecule has 2 N–H and O–H groups in total. The average Bonchev–Trinajstić information content (AvgIpc) is 2.66. The van der Waals surface area contributed by atoms with Crippen molar-refractivity contribution in [3.63, 3.8) is 0 Å². The smallest absolute Gasteiger partial charge is 0.323 e. The molecule has 0 radical (unpaired) electrons. The predicted molar refractivity (Wildman–Crippen MR) is 111 cm³/mol. The summed E-state index contributed by atoms with van der Waals surface area (Å²) in [5.41, 5.74) is 0. The van der Waals surface area contributed by atoms with Crippen molar-refractivity contribution in [3.05, 3.63) is 72.8 Å². The number of carboxylic acids is 1. The van der Waals surface area contributed by atoms with E-state index in [1.165, 1.54) is 0 Å². The number of nitrogens with one attached hydrogen (secondary N) is 1. The van der Waals surface area contributed by atoms with Crippen molar-refractivity contribution in [3.8, 4) is 0 Å². The van der Waals surface area contributed by atoms with Crippen LogP contribution in [0, 0.1) is 0 Å². The first-order valence-electron chi connectivity index (χ1n) is 9.28. The van der Waals surface area contributed by atoms with Crippen LogP contribution in [0.4, 0.5) is 0 Å². The molecule has 2 aromatic rings. The second-order valence-electron chi connectivity index (χ2n) is 7.90. The van der Waals surface area contributed by atoms with Gasteiger partial charge in [-0.2, -0.15) is 0 Å². The van der Waals surface area contributed by atoms with Gasteiger partial charge in [-0.15, -0.1) is 0 Å². The van der Waals surface area contributed by atoms with Crippen molar-refractivity contribution in [2.75, 3.05) is 6.54 Å². The molecule has 27 heavy (non-hydrogen) atoms. The van der Waals surface area contributed by atoms with E-state index in [2.05, 4.69) is 50.4 Å². The van der Waals surface area contributed by atoms with E-state index in [1.807, 2.05) is 48.6 Å². The van der Waals surface area contributed by atoms with Crippen LogP contribution in [-0.4, -0.2) is 38.1 Å². The Labute approximate surface area is 162 Å². The van der Waals surface area contributed by atoms with Crippen molar-refractivity contribution in [2.45, 2.75) is 38.0 Å². The molecule has 5 heteroatoms. The first kappa shape index (κ1) is 19.5. The summed E-state index contributed by atoms with van der Waals surface area (Å²) >= 11 is 0. The van der Waals surface area contributed by atoms with Gasteiger partial charge in [-0.1, -0.05) is 93.6 Å². The quantitative estimate of drug-likeness (QED) is 0.617. The molecule has 0 amide bonds. The van der Waals surface area contributed by atoms with Gasteiger partial charge in [-0.3, -0.25) is 10.1 Å². The summed E-state index contributed by atoms with van der Waals surface area (Å²) in [5.74, 6) is -0.887. The highest BCUT2D eigenvalue weighted by molar-refractivity contribution is 6.99. The van der Waals surface area contributed by atoms with Gasteiger partial charge in [0.1, 0.15) is 6.04 Å². The minimum Gasteiger partial charge on any atom is -0.480 e. The Hall–Kier alpha value is -2.21. The first-order chi connectivity index (χ1) is 12.9. The van der Waals surface area contributed by atoms with Gasteiger partial charge in [-0.05, 0) is 15.4 Å². The molecule has 0 aliphatic carbocycles. The normalized spacial score (nSPS) is 20.4. The number of hydrogen-bond donors (Lipinski definition) is 2. The van der Waals surface area contributed by atoms with Gasteiger partial charge in [0.25, 0.3) is 8.32 Å². The second-order valence-corrected chi connectivity index (χ2v) is 12.2. The number of carboxylic acid groups (broad SMARTS) is 1. The molecule has 0 unspecified atom stereocenters. The molecule has 1 heterocycles. The summed E-state index contributed by atoms with van der Waals surface area (Å²) in [7, 11) is -2.78. The molecule has 2 atom stereocenters. The largest absolute Gasteiger partial charge is 0.480 e. The highest BCUT2D eigenvalue weighted by Gasteiger charge is 2.52. The molecule has 0 saturated heterocycles. The Bertz CT molecular complexity index is 760. The standard InChI is InChI=1S/C22H27NO3Si/c1-22(2,3)27(17-11-6-4-7-12-17,18-13-8-5-9-14-18)26-19-15-10-16-23-20(19)21(24)25/h4-15,19-20,23H,16H2,1-3H3,(H,24,25)/t19-,20-/m0/s1. The zero-order valence-electron chi connectivity index (χ0n) is 16.1. The zero-order valence-corrected chi connectivity index (χ0v) is 17.1. The molecule has 0 spiro atoms. The maximum absolute atomic E-state index is 11.8. The average molecular weight is 382 g/mol. The Morgan fingerprint density at radius 3 is 2.00 bits per heavy atom. The van der Waals surface area contributed by atoms with Crippen LogP contribution in [0.5, 0.6) is 0 Å². The molecule has 4 nitrogen and oxygen atoms in total. The van der Waals surface area contributed by atoms with Crippen molar-refractivity contribution in [1.29, 1.82) is 0 Å². The van der Waals surface area contributed by atoms with Gasteiger partial charge in [-0.25, -0.2) is 0 Å². The number of hydrogen-bond acceptors (Lipinski definition) is 3. The van der Waals surface area contributed by atoms with Crippen LogP contribution in [0.3, 0.4) is 0 Å². The maximum Gasteiger partial charge on any atom is 0.323 e. The van der Waals surface area contributed by atoms with Crippen LogP contribution in [-0.2, 0) is 9.22 Å². The Morgan fingerprint density at radius 1 is 1.04 bits per heavy atom. The first-order valence-corrected chi connectivity index (χ1v) is 11.2. The molecule has 0 fully saturated rings.